The number of hydrogen-bond acceptors (Lipinski definition) is 5. The molecule has 3 aromatic rings. The van der Waals surface area contributed by atoms with Crippen LogP contribution in [0.15, 0.2) is 33.5 Å². The Morgan fingerprint density at radius 3 is 2.69 bits per heavy atom. The van der Waals surface area contributed by atoms with E-state index in [2.05, 4.69) is 10.3 Å². The van der Waals surface area contributed by atoms with Crippen molar-refractivity contribution in [2.75, 3.05) is 5.32 Å². The standard InChI is InChI=1S/C22H22ClN3O3/c1-10-8-14(12(3)25-16-6-7-17(23)26-18(16)22(24)28)21-15(9-10)19(27)11(2)20(29-21)13-4-5-13/h6-9,12-13,25H,4-5H2,1-3H3,(H2,24,28). The smallest absolute Gasteiger partial charge is 0.269 e. The van der Waals surface area contributed by atoms with Gasteiger partial charge >= 0.3 is 0 Å². The Hall–Kier alpha value is -2.86. The molecule has 7 heteroatoms. The number of halogens is 1. The molecular formula is C22H22ClN3O3. The van der Waals surface area contributed by atoms with Crippen molar-refractivity contribution in [1.29, 1.82) is 0 Å². The first kappa shape index (κ1) is 19.5. The van der Waals surface area contributed by atoms with Gasteiger partial charge in [0.1, 0.15) is 16.5 Å². The van der Waals surface area contributed by atoms with E-state index in [1.165, 1.54) is 0 Å². The largest absolute Gasteiger partial charge is 0.460 e. The summed E-state index contributed by atoms with van der Waals surface area (Å²) >= 11 is 5.90. The highest BCUT2D eigenvalue weighted by molar-refractivity contribution is 6.29. The average Bonchev–Trinajstić information content (AvgIpc) is 3.50. The van der Waals surface area contributed by atoms with E-state index in [0.29, 0.717) is 28.1 Å². The summed E-state index contributed by atoms with van der Waals surface area (Å²) in [7, 11) is 0. The molecule has 2 heterocycles. The van der Waals surface area contributed by atoms with E-state index in [1.54, 1.807) is 12.1 Å². The van der Waals surface area contributed by atoms with Crippen LogP contribution in [0.5, 0.6) is 0 Å². The topological polar surface area (TPSA) is 98.2 Å². The Bertz CT molecular complexity index is 1200. The van der Waals surface area contributed by atoms with Crippen LogP contribution in [0, 0.1) is 13.8 Å². The fourth-order valence-electron chi connectivity index (χ4n) is 3.69. The third-order valence-corrected chi connectivity index (χ3v) is 5.52. The van der Waals surface area contributed by atoms with Crippen LogP contribution in [0.2, 0.25) is 5.15 Å². The van der Waals surface area contributed by atoms with Crippen LogP contribution in [-0.2, 0) is 0 Å². The minimum atomic E-state index is -0.672. The van der Waals surface area contributed by atoms with Gasteiger partial charge in [-0.05, 0) is 57.4 Å². The summed E-state index contributed by atoms with van der Waals surface area (Å²) < 4.78 is 6.27. The highest BCUT2D eigenvalue weighted by atomic mass is 35.5. The third-order valence-electron chi connectivity index (χ3n) is 5.31. The second-order valence-electron chi connectivity index (χ2n) is 7.69. The van der Waals surface area contributed by atoms with Crippen LogP contribution >= 0.6 is 11.6 Å². The van der Waals surface area contributed by atoms with Gasteiger partial charge in [-0.2, -0.15) is 0 Å². The summed E-state index contributed by atoms with van der Waals surface area (Å²) in [4.78, 5) is 28.8. The fraction of sp³-hybridized carbons (Fsp3) is 0.318. The summed E-state index contributed by atoms with van der Waals surface area (Å²) in [5.74, 6) is 0.437. The number of fused-ring (bicyclic) bond motifs is 1. The van der Waals surface area contributed by atoms with Crippen LogP contribution in [-0.4, -0.2) is 10.9 Å². The Labute approximate surface area is 173 Å². The maximum atomic E-state index is 13.0. The highest BCUT2D eigenvalue weighted by Crippen LogP contribution is 2.42. The van der Waals surface area contributed by atoms with Crippen molar-refractivity contribution < 1.29 is 9.21 Å². The minimum absolute atomic E-state index is 0.0104. The molecule has 150 valence electrons. The number of aromatic nitrogens is 1. The Morgan fingerprint density at radius 1 is 1.31 bits per heavy atom. The molecule has 0 bridgehead atoms. The molecule has 1 aliphatic rings. The molecule has 1 saturated carbocycles. The Morgan fingerprint density at radius 2 is 2.03 bits per heavy atom. The Kier molecular flexibility index (Phi) is 4.82. The second kappa shape index (κ2) is 7.19. The van der Waals surface area contributed by atoms with Crippen LogP contribution in [0.3, 0.4) is 0 Å². The van der Waals surface area contributed by atoms with E-state index in [0.717, 1.165) is 29.7 Å². The summed E-state index contributed by atoms with van der Waals surface area (Å²) in [5.41, 5.74) is 9.06. The lowest BCUT2D eigenvalue weighted by molar-refractivity contribution is 0.0996. The van der Waals surface area contributed by atoms with E-state index in [4.69, 9.17) is 21.8 Å². The first-order valence-electron chi connectivity index (χ1n) is 9.57. The number of benzene rings is 1. The van der Waals surface area contributed by atoms with Crippen LogP contribution in [0.25, 0.3) is 11.0 Å². The van der Waals surface area contributed by atoms with Gasteiger partial charge in [-0.1, -0.05) is 17.7 Å². The molecule has 1 atom stereocenters. The van der Waals surface area contributed by atoms with Gasteiger partial charge in [-0.15, -0.1) is 0 Å². The number of amides is 1. The van der Waals surface area contributed by atoms with E-state index >= 15 is 0 Å². The molecule has 1 aliphatic carbocycles. The van der Waals surface area contributed by atoms with Crippen molar-refractivity contribution in [3.63, 3.8) is 0 Å². The summed E-state index contributed by atoms with van der Waals surface area (Å²) in [6.45, 7) is 5.71. The zero-order valence-corrected chi connectivity index (χ0v) is 17.3. The molecule has 0 radical (unpaired) electrons. The molecular weight excluding hydrogens is 390 g/mol. The van der Waals surface area contributed by atoms with E-state index < -0.39 is 5.91 Å². The number of hydrogen-bond donors (Lipinski definition) is 2. The minimum Gasteiger partial charge on any atom is -0.460 e. The molecule has 1 amide bonds. The number of nitrogens with zero attached hydrogens (tertiary/aromatic N) is 1. The van der Waals surface area contributed by atoms with Crippen LogP contribution < -0.4 is 16.5 Å². The van der Waals surface area contributed by atoms with Crippen molar-refractivity contribution in [2.24, 2.45) is 5.73 Å². The normalized spacial score (nSPS) is 14.8. The predicted molar refractivity (Wildman–Crippen MR) is 114 cm³/mol. The lowest BCUT2D eigenvalue weighted by Gasteiger charge is -2.19. The number of rotatable bonds is 5. The van der Waals surface area contributed by atoms with Gasteiger partial charge < -0.3 is 15.5 Å². The summed E-state index contributed by atoms with van der Waals surface area (Å²) in [5, 5.41) is 4.03. The maximum absolute atomic E-state index is 13.0. The number of nitrogens with one attached hydrogen (secondary N) is 1. The average molecular weight is 412 g/mol. The van der Waals surface area contributed by atoms with Gasteiger partial charge in [0.05, 0.1) is 17.1 Å². The van der Waals surface area contributed by atoms with Crippen molar-refractivity contribution in [2.45, 2.75) is 45.6 Å². The third kappa shape index (κ3) is 3.60. The van der Waals surface area contributed by atoms with Crippen molar-refractivity contribution >= 4 is 34.2 Å². The summed E-state index contributed by atoms with van der Waals surface area (Å²) in [6, 6.07) is 6.84. The molecule has 1 unspecified atom stereocenters. The molecule has 0 saturated heterocycles. The molecule has 1 aromatic carbocycles. The molecule has 1 fully saturated rings. The first-order chi connectivity index (χ1) is 13.8. The lowest BCUT2D eigenvalue weighted by atomic mass is 9.99. The number of aryl methyl sites for hydroxylation is 1. The van der Waals surface area contributed by atoms with Crippen molar-refractivity contribution in [3.8, 4) is 0 Å². The predicted octanol–water partition coefficient (Wildman–Crippen LogP) is 4.61. The highest BCUT2D eigenvalue weighted by Gasteiger charge is 2.30. The number of primary amides is 1. The van der Waals surface area contributed by atoms with Crippen molar-refractivity contribution in [3.05, 3.63) is 67.8 Å². The number of carbonyl (C=O) groups is 1. The van der Waals surface area contributed by atoms with Gasteiger partial charge in [0.25, 0.3) is 5.91 Å². The van der Waals surface area contributed by atoms with Gasteiger partial charge in [-0.3, -0.25) is 9.59 Å². The quantitative estimate of drug-likeness (QED) is 0.597. The van der Waals surface area contributed by atoms with Crippen LogP contribution in [0.1, 0.15) is 64.7 Å². The van der Waals surface area contributed by atoms with E-state index in [1.807, 2.05) is 32.9 Å². The monoisotopic (exact) mass is 411 g/mol. The molecule has 0 aliphatic heterocycles. The molecule has 0 spiro atoms. The fourth-order valence-corrected chi connectivity index (χ4v) is 3.84. The van der Waals surface area contributed by atoms with Gasteiger partial charge in [-0.25, -0.2) is 4.98 Å². The van der Waals surface area contributed by atoms with Gasteiger partial charge in [0.2, 0.25) is 0 Å². The van der Waals surface area contributed by atoms with E-state index in [9.17, 15) is 9.59 Å². The second-order valence-corrected chi connectivity index (χ2v) is 8.07. The molecule has 2 aromatic heterocycles. The SMILES string of the molecule is Cc1cc(C(C)Nc2ccc(Cl)nc2C(N)=O)c2oc(C3CC3)c(C)c(=O)c2c1. The van der Waals surface area contributed by atoms with E-state index in [-0.39, 0.29) is 22.3 Å². The molecule has 6 nitrogen and oxygen atoms in total. The number of anilines is 1. The van der Waals surface area contributed by atoms with Crippen LogP contribution in [0.4, 0.5) is 5.69 Å². The first-order valence-corrected chi connectivity index (χ1v) is 9.94. The summed E-state index contributed by atoms with van der Waals surface area (Å²) in [6.07, 6.45) is 2.09. The molecule has 4 rings (SSSR count). The van der Waals surface area contributed by atoms with Gasteiger partial charge in [0, 0.05) is 17.0 Å². The molecule has 29 heavy (non-hydrogen) atoms. The number of nitrogens with two attached hydrogens (primary N) is 1. The zero-order valence-electron chi connectivity index (χ0n) is 16.5. The Balaban J connectivity index is 1.83. The maximum Gasteiger partial charge on any atom is 0.269 e. The van der Waals surface area contributed by atoms with Gasteiger partial charge in [0.15, 0.2) is 11.1 Å². The lowest BCUT2D eigenvalue weighted by Crippen LogP contribution is -2.18. The van der Waals surface area contributed by atoms with Crippen molar-refractivity contribution in [1.82, 2.24) is 4.98 Å². The number of carbonyl (C=O) groups excluding carboxylic acids is 1. The zero-order chi connectivity index (χ0) is 20.9. The molecule has 3 N–H and O–H groups in total. The number of pyridine rings is 1.